The monoisotopic (exact) mass is 415 g/mol. The predicted octanol–water partition coefficient (Wildman–Crippen LogP) is 4.28. The lowest BCUT2D eigenvalue weighted by molar-refractivity contribution is 0.122. The summed E-state index contributed by atoms with van der Waals surface area (Å²) in [6, 6.07) is 22.3. The number of morpholine rings is 1. The minimum atomic E-state index is -0.263. The van der Waals surface area contributed by atoms with Crippen LogP contribution in [0.4, 0.5) is 10.6 Å². The minimum Gasteiger partial charge on any atom is -0.439 e. The second-order valence-electron chi connectivity index (χ2n) is 7.87. The number of amides is 1. The maximum absolute atomic E-state index is 12.3. The van der Waals surface area contributed by atoms with Crippen molar-refractivity contribution in [1.82, 2.24) is 9.88 Å². The van der Waals surface area contributed by atoms with Crippen molar-refractivity contribution < 1.29 is 14.3 Å². The Bertz CT molecular complexity index is 1020. The second-order valence-corrected chi connectivity index (χ2v) is 7.87. The Labute approximate surface area is 182 Å². The van der Waals surface area contributed by atoms with Crippen LogP contribution in [0.3, 0.4) is 0 Å². The molecule has 2 aromatic carbocycles. The molecule has 0 radical (unpaired) electrons. The minimum absolute atomic E-state index is 0.205. The number of hydrogen-bond acceptors (Lipinski definition) is 5. The number of carbonyl (C=O) groups is 1. The van der Waals surface area contributed by atoms with Crippen LogP contribution in [-0.2, 0) is 16.0 Å². The summed E-state index contributed by atoms with van der Waals surface area (Å²) in [6.07, 6.45) is 1.45. The Balaban J connectivity index is 1.22. The maximum Gasteiger partial charge on any atom is 0.410 e. The molecule has 0 bridgehead atoms. The van der Waals surface area contributed by atoms with Crippen LogP contribution in [0, 0.1) is 0 Å². The summed E-state index contributed by atoms with van der Waals surface area (Å²) in [5.74, 6) is 0.990. The molecule has 5 rings (SSSR count). The molecule has 0 saturated carbocycles. The summed E-state index contributed by atoms with van der Waals surface area (Å²) in [7, 11) is 0. The first-order valence-electron chi connectivity index (χ1n) is 10.6. The molecular formula is C25H25N3O3. The van der Waals surface area contributed by atoms with Crippen molar-refractivity contribution in [2.24, 2.45) is 0 Å². The Morgan fingerprint density at radius 2 is 1.65 bits per heavy atom. The van der Waals surface area contributed by atoms with Crippen LogP contribution < -0.4 is 4.90 Å². The second kappa shape index (κ2) is 8.78. The average molecular weight is 415 g/mol. The fourth-order valence-corrected chi connectivity index (χ4v) is 4.04. The number of cyclic esters (lactones) is 1. The number of rotatable bonds is 5. The average Bonchev–Trinajstić information content (AvgIpc) is 3.21. The highest BCUT2D eigenvalue weighted by molar-refractivity contribution is 5.70. The number of aromatic nitrogens is 1. The molecule has 1 atom stereocenters. The summed E-state index contributed by atoms with van der Waals surface area (Å²) < 4.78 is 11.0. The van der Waals surface area contributed by atoms with Gasteiger partial charge in [-0.15, -0.1) is 0 Å². The Kier molecular flexibility index (Phi) is 5.54. The zero-order valence-electron chi connectivity index (χ0n) is 17.3. The molecule has 3 heterocycles. The number of hydrogen-bond donors (Lipinski definition) is 0. The van der Waals surface area contributed by atoms with Crippen molar-refractivity contribution in [2.75, 3.05) is 37.7 Å². The van der Waals surface area contributed by atoms with E-state index >= 15 is 0 Å². The third-order valence-corrected chi connectivity index (χ3v) is 5.80. The zero-order valence-corrected chi connectivity index (χ0v) is 17.3. The number of anilines is 1. The third kappa shape index (κ3) is 4.39. The molecule has 158 valence electrons. The molecular weight excluding hydrogens is 390 g/mol. The van der Waals surface area contributed by atoms with Gasteiger partial charge in [0.25, 0.3) is 0 Å². The number of nitrogens with zero attached hydrogens (tertiary/aromatic N) is 3. The number of benzene rings is 2. The van der Waals surface area contributed by atoms with Crippen LogP contribution in [0.15, 0.2) is 72.9 Å². The van der Waals surface area contributed by atoms with Gasteiger partial charge in [0.2, 0.25) is 0 Å². The molecule has 1 aromatic heterocycles. The lowest BCUT2D eigenvalue weighted by Gasteiger charge is -2.27. The quantitative estimate of drug-likeness (QED) is 0.623. The van der Waals surface area contributed by atoms with Crippen molar-refractivity contribution in [3.63, 3.8) is 0 Å². The molecule has 2 saturated heterocycles. The molecule has 2 aliphatic heterocycles. The first-order valence-corrected chi connectivity index (χ1v) is 10.6. The molecule has 0 spiro atoms. The van der Waals surface area contributed by atoms with E-state index in [-0.39, 0.29) is 12.2 Å². The van der Waals surface area contributed by atoms with Crippen molar-refractivity contribution in [2.45, 2.75) is 12.6 Å². The van der Waals surface area contributed by atoms with Gasteiger partial charge in [0.05, 0.1) is 19.8 Å². The van der Waals surface area contributed by atoms with Gasteiger partial charge in [0.15, 0.2) is 0 Å². The molecule has 6 nitrogen and oxygen atoms in total. The number of ether oxygens (including phenoxy) is 2. The van der Waals surface area contributed by atoms with E-state index in [4.69, 9.17) is 9.47 Å². The van der Waals surface area contributed by atoms with Crippen LogP contribution in [0.25, 0.3) is 11.1 Å². The van der Waals surface area contributed by atoms with Gasteiger partial charge in [0.1, 0.15) is 11.9 Å². The van der Waals surface area contributed by atoms with Crippen LogP contribution in [0.1, 0.15) is 17.2 Å². The van der Waals surface area contributed by atoms with E-state index in [2.05, 4.69) is 46.3 Å². The Hall–Kier alpha value is -3.38. The SMILES string of the molecule is O=C1OC(c2ccccc2)CN1Cc1ccc(-c2ccc(N3CCOCC3)nc2)cc1. The van der Waals surface area contributed by atoms with Gasteiger partial charge in [0, 0.05) is 31.4 Å². The third-order valence-electron chi connectivity index (χ3n) is 5.80. The fraction of sp³-hybridized carbons (Fsp3) is 0.280. The first-order chi connectivity index (χ1) is 15.3. The molecule has 1 unspecified atom stereocenters. The summed E-state index contributed by atoms with van der Waals surface area (Å²) in [4.78, 5) is 20.9. The Morgan fingerprint density at radius 3 is 2.35 bits per heavy atom. The lowest BCUT2D eigenvalue weighted by Crippen LogP contribution is -2.36. The molecule has 31 heavy (non-hydrogen) atoms. The van der Waals surface area contributed by atoms with Crippen LogP contribution in [0.5, 0.6) is 0 Å². The summed E-state index contributed by atoms with van der Waals surface area (Å²) >= 11 is 0. The molecule has 3 aromatic rings. The van der Waals surface area contributed by atoms with Gasteiger partial charge in [-0.2, -0.15) is 0 Å². The number of pyridine rings is 1. The fourth-order valence-electron chi connectivity index (χ4n) is 4.04. The van der Waals surface area contributed by atoms with E-state index in [9.17, 15) is 4.79 Å². The molecule has 2 fully saturated rings. The zero-order chi connectivity index (χ0) is 21.0. The van der Waals surface area contributed by atoms with Crippen LogP contribution in [-0.4, -0.2) is 48.8 Å². The topological polar surface area (TPSA) is 54.9 Å². The van der Waals surface area contributed by atoms with E-state index in [1.165, 1.54) is 0 Å². The van der Waals surface area contributed by atoms with Gasteiger partial charge in [-0.1, -0.05) is 54.6 Å². The summed E-state index contributed by atoms with van der Waals surface area (Å²) in [6.45, 7) is 4.37. The van der Waals surface area contributed by atoms with E-state index in [1.807, 2.05) is 36.5 Å². The van der Waals surface area contributed by atoms with Gasteiger partial charge in [-0.25, -0.2) is 9.78 Å². The summed E-state index contributed by atoms with van der Waals surface area (Å²) in [5, 5.41) is 0. The maximum atomic E-state index is 12.3. The largest absolute Gasteiger partial charge is 0.439 e. The van der Waals surface area contributed by atoms with Crippen molar-refractivity contribution in [3.8, 4) is 11.1 Å². The van der Waals surface area contributed by atoms with Gasteiger partial charge in [-0.3, -0.25) is 4.90 Å². The van der Waals surface area contributed by atoms with Crippen molar-refractivity contribution in [1.29, 1.82) is 0 Å². The standard InChI is InChI=1S/C25H25N3O3/c29-25-28(18-23(31-25)21-4-2-1-3-5-21)17-19-6-8-20(9-7-19)22-10-11-24(26-16-22)27-12-14-30-15-13-27/h1-11,16,23H,12-15,17-18H2. The first kappa shape index (κ1) is 19.6. The van der Waals surface area contributed by atoms with E-state index in [0.717, 1.165) is 54.4 Å². The molecule has 2 aliphatic rings. The van der Waals surface area contributed by atoms with Crippen molar-refractivity contribution in [3.05, 3.63) is 84.1 Å². The highest BCUT2D eigenvalue weighted by Crippen LogP contribution is 2.28. The van der Waals surface area contributed by atoms with E-state index < -0.39 is 0 Å². The highest BCUT2D eigenvalue weighted by atomic mass is 16.6. The highest BCUT2D eigenvalue weighted by Gasteiger charge is 2.32. The molecule has 1 amide bonds. The van der Waals surface area contributed by atoms with Gasteiger partial charge < -0.3 is 14.4 Å². The Morgan fingerprint density at radius 1 is 0.903 bits per heavy atom. The smallest absolute Gasteiger partial charge is 0.410 e. The molecule has 0 aliphatic carbocycles. The lowest BCUT2D eigenvalue weighted by atomic mass is 10.1. The van der Waals surface area contributed by atoms with Crippen LogP contribution >= 0.6 is 0 Å². The molecule has 0 N–H and O–H groups in total. The van der Waals surface area contributed by atoms with E-state index in [1.54, 1.807) is 4.90 Å². The molecule has 6 heteroatoms. The van der Waals surface area contributed by atoms with Gasteiger partial charge >= 0.3 is 6.09 Å². The summed E-state index contributed by atoms with van der Waals surface area (Å²) in [5.41, 5.74) is 4.29. The normalized spacial score (nSPS) is 18.8. The predicted molar refractivity (Wildman–Crippen MR) is 119 cm³/mol. The van der Waals surface area contributed by atoms with Gasteiger partial charge in [-0.05, 0) is 28.8 Å². The van der Waals surface area contributed by atoms with Crippen LogP contribution in [0.2, 0.25) is 0 Å². The number of carbonyl (C=O) groups excluding carboxylic acids is 1. The van der Waals surface area contributed by atoms with E-state index in [0.29, 0.717) is 13.1 Å². The van der Waals surface area contributed by atoms with Crippen molar-refractivity contribution >= 4 is 11.9 Å².